The number of carboxylic acids is 1. The lowest BCUT2D eigenvalue weighted by Gasteiger charge is -2.03. The summed E-state index contributed by atoms with van der Waals surface area (Å²) in [5.74, 6) is -3.72. The Kier molecular flexibility index (Phi) is 5.03. The topological polar surface area (TPSA) is 66.8 Å². The standard InChI is InChI=1S/C6H4F2O.C6H10O3/c7-4-2-1-3-5(9)6(4)8;1-4-2-3-5(9-4)6(7)8/h1-3,9H;4-5H,2-3H2,1H3,(H,7,8). The molecule has 1 fully saturated rings. The summed E-state index contributed by atoms with van der Waals surface area (Å²) >= 11 is 0. The second-order valence-corrected chi connectivity index (χ2v) is 3.92. The maximum absolute atomic E-state index is 12.1. The van der Waals surface area contributed by atoms with Crippen LogP contribution in [0.25, 0.3) is 0 Å². The number of hydrogen-bond donors (Lipinski definition) is 2. The lowest BCUT2D eigenvalue weighted by molar-refractivity contribution is -0.149. The molecule has 6 heteroatoms. The minimum Gasteiger partial charge on any atom is -0.505 e. The van der Waals surface area contributed by atoms with Crippen molar-refractivity contribution in [2.24, 2.45) is 0 Å². The Labute approximate surface area is 103 Å². The molecule has 0 spiro atoms. The smallest absolute Gasteiger partial charge is 0.332 e. The van der Waals surface area contributed by atoms with Gasteiger partial charge in [-0.25, -0.2) is 9.18 Å². The van der Waals surface area contributed by atoms with E-state index >= 15 is 0 Å². The van der Waals surface area contributed by atoms with Crippen molar-refractivity contribution in [2.45, 2.75) is 32.0 Å². The number of aliphatic carboxylic acids is 1. The Morgan fingerprint density at radius 3 is 2.39 bits per heavy atom. The molecule has 4 nitrogen and oxygen atoms in total. The Bertz CT molecular complexity index is 402. The molecule has 0 aliphatic carbocycles. The molecule has 0 aromatic heterocycles. The predicted molar refractivity (Wildman–Crippen MR) is 59.2 cm³/mol. The molecule has 2 unspecified atom stereocenters. The van der Waals surface area contributed by atoms with Gasteiger partial charge in [0.1, 0.15) is 0 Å². The lowest BCUT2D eigenvalue weighted by atomic mass is 10.2. The summed E-state index contributed by atoms with van der Waals surface area (Å²) in [6, 6.07) is 3.25. The number of halogens is 2. The van der Waals surface area contributed by atoms with Crippen LogP contribution in [0.2, 0.25) is 0 Å². The summed E-state index contributed by atoms with van der Waals surface area (Å²) in [4.78, 5) is 10.2. The van der Waals surface area contributed by atoms with Crippen molar-refractivity contribution in [3.05, 3.63) is 29.8 Å². The maximum atomic E-state index is 12.1. The van der Waals surface area contributed by atoms with Gasteiger partial charge in [-0.1, -0.05) is 6.07 Å². The number of phenols is 1. The van der Waals surface area contributed by atoms with Crippen LogP contribution < -0.4 is 0 Å². The van der Waals surface area contributed by atoms with E-state index in [0.29, 0.717) is 6.42 Å². The predicted octanol–water partition coefficient (Wildman–Crippen LogP) is 2.31. The van der Waals surface area contributed by atoms with E-state index in [4.69, 9.17) is 14.9 Å². The zero-order valence-corrected chi connectivity index (χ0v) is 9.77. The molecule has 0 radical (unpaired) electrons. The molecule has 2 rings (SSSR count). The van der Waals surface area contributed by atoms with Crippen LogP contribution in [0.4, 0.5) is 8.78 Å². The van der Waals surface area contributed by atoms with E-state index in [2.05, 4.69) is 0 Å². The largest absolute Gasteiger partial charge is 0.505 e. The first-order chi connectivity index (χ1) is 8.41. The summed E-state index contributed by atoms with van der Waals surface area (Å²) in [5, 5.41) is 16.9. The van der Waals surface area contributed by atoms with Gasteiger partial charge in [-0.2, -0.15) is 4.39 Å². The van der Waals surface area contributed by atoms with Gasteiger partial charge in [0.25, 0.3) is 0 Å². The van der Waals surface area contributed by atoms with E-state index in [1.54, 1.807) is 0 Å². The normalized spacial score (nSPS) is 22.2. The number of carboxylic acid groups (broad SMARTS) is 1. The fraction of sp³-hybridized carbons (Fsp3) is 0.417. The molecule has 1 aromatic rings. The first-order valence-corrected chi connectivity index (χ1v) is 5.43. The maximum Gasteiger partial charge on any atom is 0.332 e. The van der Waals surface area contributed by atoms with Crippen LogP contribution >= 0.6 is 0 Å². The van der Waals surface area contributed by atoms with Gasteiger partial charge in [0.15, 0.2) is 23.5 Å². The highest BCUT2D eigenvalue weighted by atomic mass is 19.2. The van der Waals surface area contributed by atoms with Crippen molar-refractivity contribution in [3.63, 3.8) is 0 Å². The number of phenolic OH excluding ortho intramolecular Hbond substituents is 1. The van der Waals surface area contributed by atoms with Gasteiger partial charge in [0.2, 0.25) is 0 Å². The zero-order chi connectivity index (χ0) is 13.7. The summed E-state index contributed by atoms with van der Waals surface area (Å²) in [6.07, 6.45) is 1.12. The van der Waals surface area contributed by atoms with Gasteiger partial charge < -0.3 is 14.9 Å². The Hall–Kier alpha value is -1.69. The Morgan fingerprint density at radius 1 is 1.39 bits per heavy atom. The molecule has 1 saturated heterocycles. The molecule has 1 aliphatic heterocycles. The average molecular weight is 260 g/mol. The van der Waals surface area contributed by atoms with E-state index in [1.165, 1.54) is 6.07 Å². The van der Waals surface area contributed by atoms with Crippen molar-refractivity contribution in [1.29, 1.82) is 0 Å². The average Bonchev–Trinajstić information content (AvgIpc) is 2.74. The number of ether oxygens (including phenoxy) is 1. The summed E-state index contributed by atoms with van der Waals surface area (Å²) < 4.78 is 29.2. The van der Waals surface area contributed by atoms with Crippen LogP contribution in [-0.2, 0) is 9.53 Å². The van der Waals surface area contributed by atoms with Gasteiger partial charge in [-0.15, -0.1) is 0 Å². The van der Waals surface area contributed by atoms with E-state index in [1.807, 2.05) is 6.92 Å². The number of hydrogen-bond acceptors (Lipinski definition) is 3. The fourth-order valence-electron chi connectivity index (χ4n) is 1.48. The summed E-state index contributed by atoms with van der Waals surface area (Å²) in [6.45, 7) is 1.89. The number of rotatable bonds is 1. The third-order valence-electron chi connectivity index (χ3n) is 2.44. The number of carbonyl (C=O) groups is 1. The summed E-state index contributed by atoms with van der Waals surface area (Å²) in [7, 11) is 0. The van der Waals surface area contributed by atoms with Crippen LogP contribution in [0.5, 0.6) is 5.75 Å². The molecule has 2 atom stereocenters. The van der Waals surface area contributed by atoms with E-state index < -0.39 is 29.5 Å². The van der Waals surface area contributed by atoms with Gasteiger partial charge >= 0.3 is 5.97 Å². The van der Waals surface area contributed by atoms with E-state index in [9.17, 15) is 13.6 Å². The Morgan fingerprint density at radius 2 is 2.06 bits per heavy atom. The zero-order valence-electron chi connectivity index (χ0n) is 9.77. The van der Waals surface area contributed by atoms with E-state index in [0.717, 1.165) is 18.6 Å². The van der Waals surface area contributed by atoms with Gasteiger partial charge in [0, 0.05) is 0 Å². The third-order valence-corrected chi connectivity index (χ3v) is 2.44. The van der Waals surface area contributed by atoms with Gasteiger partial charge in [0.05, 0.1) is 6.10 Å². The second-order valence-electron chi connectivity index (χ2n) is 3.92. The van der Waals surface area contributed by atoms with Gasteiger partial charge in [-0.05, 0) is 31.9 Å². The quantitative estimate of drug-likeness (QED) is 0.813. The van der Waals surface area contributed by atoms with Crippen molar-refractivity contribution in [3.8, 4) is 5.75 Å². The molecule has 1 heterocycles. The molecule has 100 valence electrons. The molecule has 0 bridgehead atoms. The molecule has 0 saturated carbocycles. The monoisotopic (exact) mass is 260 g/mol. The van der Waals surface area contributed by atoms with Crippen LogP contribution in [0.3, 0.4) is 0 Å². The number of benzene rings is 1. The highest BCUT2D eigenvalue weighted by Gasteiger charge is 2.27. The summed E-state index contributed by atoms with van der Waals surface area (Å²) in [5.41, 5.74) is 0. The van der Waals surface area contributed by atoms with Gasteiger partial charge in [-0.3, -0.25) is 0 Å². The highest BCUT2D eigenvalue weighted by Crippen LogP contribution is 2.18. The molecular formula is C12H14F2O4. The SMILES string of the molecule is CC1CCC(C(=O)O)O1.Oc1cccc(F)c1F. The van der Waals surface area contributed by atoms with Crippen molar-refractivity contribution in [2.75, 3.05) is 0 Å². The molecule has 18 heavy (non-hydrogen) atoms. The van der Waals surface area contributed by atoms with Crippen molar-refractivity contribution >= 4 is 5.97 Å². The Balaban J connectivity index is 0.000000180. The van der Waals surface area contributed by atoms with E-state index in [-0.39, 0.29) is 6.10 Å². The fourth-order valence-corrected chi connectivity index (χ4v) is 1.48. The molecule has 1 aliphatic rings. The van der Waals surface area contributed by atoms with Crippen LogP contribution in [0, 0.1) is 11.6 Å². The van der Waals surface area contributed by atoms with Crippen molar-refractivity contribution < 1.29 is 28.5 Å². The minimum atomic E-state index is -1.20. The second kappa shape index (κ2) is 6.30. The number of aromatic hydroxyl groups is 1. The first-order valence-electron chi connectivity index (χ1n) is 5.43. The molecule has 1 aromatic carbocycles. The first kappa shape index (κ1) is 14.4. The third kappa shape index (κ3) is 3.96. The molecule has 2 N–H and O–H groups in total. The van der Waals surface area contributed by atoms with Crippen molar-refractivity contribution in [1.82, 2.24) is 0 Å². The van der Waals surface area contributed by atoms with Crippen LogP contribution in [0.1, 0.15) is 19.8 Å². The molecular weight excluding hydrogens is 246 g/mol. The van der Waals surface area contributed by atoms with Crippen LogP contribution in [-0.4, -0.2) is 28.4 Å². The highest BCUT2D eigenvalue weighted by molar-refractivity contribution is 5.72. The molecule has 0 amide bonds. The minimum absolute atomic E-state index is 0.131. The van der Waals surface area contributed by atoms with Crippen LogP contribution in [0.15, 0.2) is 18.2 Å². The lowest BCUT2D eigenvalue weighted by Crippen LogP contribution is -2.19.